The lowest BCUT2D eigenvalue weighted by molar-refractivity contribution is 1.28. The van der Waals surface area contributed by atoms with Crippen molar-refractivity contribution >= 4 is 70.9 Å². The lowest BCUT2D eigenvalue weighted by Crippen LogP contribution is -2.09. The van der Waals surface area contributed by atoms with Crippen LogP contribution in [0.5, 0.6) is 0 Å². The lowest BCUT2D eigenvalue weighted by atomic mass is 9.89. The summed E-state index contributed by atoms with van der Waals surface area (Å²) >= 11 is 0. The maximum atomic E-state index is 2.33. The van der Waals surface area contributed by atoms with Crippen molar-refractivity contribution < 1.29 is 0 Å². The normalized spacial score (nSPS) is 11.6. The fourth-order valence-corrected chi connectivity index (χ4v) is 8.59. The first-order chi connectivity index (χ1) is 27.2. The standard InChI is InChI=1S/C54H35N/c1-3-10-48(11-4-1)55(49-12-5-2-6-13-49)50-28-24-37(25-29-50)43-21-23-45-34-46-32-42(20-22-44(46)35-47(45)33-43)36-14-16-38(17-15-36)51-30-26-41-19-18-39-8-7-9-40-27-31-52(51)54(41)53(39)40/h1-35H. The third-order valence-electron chi connectivity index (χ3n) is 11.3. The van der Waals surface area contributed by atoms with Gasteiger partial charge in [-0.05, 0) is 148 Å². The van der Waals surface area contributed by atoms with Crippen molar-refractivity contribution in [2.45, 2.75) is 0 Å². The first-order valence-corrected chi connectivity index (χ1v) is 19.0. The number of fused-ring (bicyclic) bond motifs is 2. The zero-order valence-corrected chi connectivity index (χ0v) is 30.2. The summed E-state index contributed by atoms with van der Waals surface area (Å²) in [7, 11) is 0. The van der Waals surface area contributed by atoms with Crippen molar-refractivity contribution in [3.05, 3.63) is 212 Å². The number of anilines is 3. The Morgan fingerprint density at radius 1 is 0.236 bits per heavy atom. The van der Waals surface area contributed by atoms with Gasteiger partial charge in [0.05, 0.1) is 0 Å². The van der Waals surface area contributed by atoms with Crippen LogP contribution in [0.1, 0.15) is 0 Å². The van der Waals surface area contributed by atoms with Crippen LogP contribution in [0, 0.1) is 0 Å². The Labute approximate surface area is 320 Å². The van der Waals surface area contributed by atoms with E-state index in [9.17, 15) is 0 Å². The number of hydrogen-bond acceptors (Lipinski definition) is 1. The molecule has 0 radical (unpaired) electrons. The molecule has 0 aliphatic heterocycles. The summed E-state index contributed by atoms with van der Waals surface area (Å²) < 4.78 is 0. The van der Waals surface area contributed by atoms with E-state index in [1.54, 1.807) is 0 Å². The molecule has 0 fully saturated rings. The van der Waals surface area contributed by atoms with Gasteiger partial charge in [0.15, 0.2) is 0 Å². The molecule has 0 atom stereocenters. The van der Waals surface area contributed by atoms with Crippen LogP contribution in [0.4, 0.5) is 17.1 Å². The second kappa shape index (κ2) is 12.7. The zero-order valence-electron chi connectivity index (χ0n) is 30.2. The fourth-order valence-electron chi connectivity index (χ4n) is 8.59. The lowest BCUT2D eigenvalue weighted by Gasteiger charge is -2.25. The molecular weight excluding hydrogens is 663 g/mol. The number of benzene rings is 11. The van der Waals surface area contributed by atoms with E-state index in [-0.39, 0.29) is 0 Å². The van der Waals surface area contributed by atoms with Crippen LogP contribution >= 0.6 is 0 Å². The van der Waals surface area contributed by atoms with E-state index in [4.69, 9.17) is 0 Å². The smallest absolute Gasteiger partial charge is 0.0462 e. The van der Waals surface area contributed by atoms with Gasteiger partial charge in [-0.15, -0.1) is 0 Å². The molecule has 0 amide bonds. The van der Waals surface area contributed by atoms with E-state index in [0.29, 0.717) is 0 Å². The molecule has 55 heavy (non-hydrogen) atoms. The number of rotatable bonds is 6. The van der Waals surface area contributed by atoms with Crippen LogP contribution in [0.25, 0.3) is 87.2 Å². The Bertz CT molecular complexity index is 3110. The van der Waals surface area contributed by atoms with E-state index in [1.165, 1.54) is 87.2 Å². The van der Waals surface area contributed by atoms with E-state index < -0.39 is 0 Å². The van der Waals surface area contributed by atoms with Crippen molar-refractivity contribution in [1.29, 1.82) is 0 Å². The minimum Gasteiger partial charge on any atom is -0.311 e. The molecule has 11 aromatic carbocycles. The molecular formula is C54H35N. The fraction of sp³-hybridized carbons (Fsp3) is 0. The highest BCUT2D eigenvalue weighted by molar-refractivity contribution is 6.25. The van der Waals surface area contributed by atoms with Gasteiger partial charge in [0.1, 0.15) is 0 Å². The molecule has 11 aromatic rings. The highest BCUT2D eigenvalue weighted by atomic mass is 15.1. The van der Waals surface area contributed by atoms with E-state index in [1.807, 2.05) is 0 Å². The van der Waals surface area contributed by atoms with Gasteiger partial charge in [-0.1, -0.05) is 152 Å². The third kappa shape index (κ3) is 5.40. The quantitative estimate of drug-likeness (QED) is 0.123. The molecule has 0 saturated carbocycles. The molecule has 0 N–H and O–H groups in total. The summed E-state index contributed by atoms with van der Waals surface area (Å²) in [6.07, 6.45) is 0. The van der Waals surface area contributed by atoms with Crippen LogP contribution < -0.4 is 4.90 Å². The largest absolute Gasteiger partial charge is 0.311 e. The van der Waals surface area contributed by atoms with E-state index in [0.717, 1.165) is 17.1 Å². The van der Waals surface area contributed by atoms with Crippen LogP contribution in [0.15, 0.2) is 212 Å². The maximum absolute atomic E-state index is 2.33. The van der Waals surface area contributed by atoms with Crippen LogP contribution in [0.2, 0.25) is 0 Å². The summed E-state index contributed by atoms with van der Waals surface area (Å²) in [5.41, 5.74) is 10.8. The van der Waals surface area contributed by atoms with Crippen LogP contribution in [0.3, 0.4) is 0 Å². The molecule has 1 heteroatoms. The van der Waals surface area contributed by atoms with E-state index in [2.05, 4.69) is 217 Å². The molecule has 256 valence electrons. The van der Waals surface area contributed by atoms with Gasteiger partial charge in [-0.25, -0.2) is 0 Å². The van der Waals surface area contributed by atoms with Gasteiger partial charge in [0.25, 0.3) is 0 Å². The van der Waals surface area contributed by atoms with Gasteiger partial charge >= 0.3 is 0 Å². The first kappa shape index (κ1) is 31.3. The molecule has 1 nitrogen and oxygen atoms in total. The Balaban J connectivity index is 0.888. The van der Waals surface area contributed by atoms with Gasteiger partial charge in [0, 0.05) is 17.1 Å². The summed E-state index contributed by atoms with van der Waals surface area (Å²) in [6.45, 7) is 0. The predicted octanol–water partition coefficient (Wildman–Crippen LogP) is 15.4. The first-order valence-electron chi connectivity index (χ1n) is 19.0. The molecule has 0 heterocycles. The molecule has 0 saturated heterocycles. The van der Waals surface area contributed by atoms with Gasteiger partial charge in [-0.2, -0.15) is 0 Å². The van der Waals surface area contributed by atoms with Crippen molar-refractivity contribution in [3.63, 3.8) is 0 Å². The molecule has 0 bridgehead atoms. The molecule has 11 rings (SSSR count). The van der Waals surface area contributed by atoms with Crippen molar-refractivity contribution in [2.24, 2.45) is 0 Å². The number of para-hydroxylation sites is 2. The molecule has 0 unspecified atom stereocenters. The van der Waals surface area contributed by atoms with Crippen LogP contribution in [-0.2, 0) is 0 Å². The van der Waals surface area contributed by atoms with Gasteiger partial charge in [-0.3, -0.25) is 0 Å². The Hall–Kier alpha value is -7.22. The maximum Gasteiger partial charge on any atom is 0.0462 e. The summed E-state index contributed by atoms with van der Waals surface area (Å²) in [4.78, 5) is 2.30. The average molecular weight is 698 g/mol. The monoisotopic (exact) mass is 697 g/mol. The Morgan fingerprint density at radius 3 is 1.25 bits per heavy atom. The topological polar surface area (TPSA) is 3.24 Å². The Morgan fingerprint density at radius 2 is 0.673 bits per heavy atom. The highest BCUT2D eigenvalue weighted by Crippen LogP contribution is 2.40. The highest BCUT2D eigenvalue weighted by Gasteiger charge is 2.14. The van der Waals surface area contributed by atoms with Crippen LogP contribution in [-0.4, -0.2) is 0 Å². The van der Waals surface area contributed by atoms with Crippen molar-refractivity contribution in [1.82, 2.24) is 0 Å². The number of nitrogens with zero attached hydrogens (tertiary/aromatic N) is 1. The summed E-state index contributed by atoms with van der Waals surface area (Å²) in [5.74, 6) is 0. The van der Waals surface area contributed by atoms with Crippen molar-refractivity contribution in [2.75, 3.05) is 4.90 Å². The second-order valence-corrected chi connectivity index (χ2v) is 14.6. The van der Waals surface area contributed by atoms with E-state index >= 15 is 0 Å². The Kier molecular flexibility index (Phi) is 7.25. The minimum absolute atomic E-state index is 1.13. The number of hydrogen-bond donors (Lipinski definition) is 0. The molecule has 0 spiro atoms. The van der Waals surface area contributed by atoms with Gasteiger partial charge in [0.2, 0.25) is 0 Å². The summed E-state index contributed by atoms with van der Waals surface area (Å²) in [6, 6.07) is 77.7. The molecule has 0 aliphatic rings. The van der Waals surface area contributed by atoms with Crippen molar-refractivity contribution in [3.8, 4) is 33.4 Å². The van der Waals surface area contributed by atoms with Gasteiger partial charge < -0.3 is 4.90 Å². The molecule has 0 aliphatic carbocycles. The molecule has 0 aromatic heterocycles. The SMILES string of the molecule is c1ccc(N(c2ccccc2)c2ccc(-c3ccc4cc5cc(-c6ccc(-c7ccc8ccc9cccc%10ccc7c8c9%10)cc6)ccc5cc4c3)cc2)cc1. The zero-order chi connectivity index (χ0) is 36.3. The second-order valence-electron chi connectivity index (χ2n) is 14.6. The minimum atomic E-state index is 1.13. The summed E-state index contributed by atoms with van der Waals surface area (Å²) in [5, 5.41) is 12.9. The predicted molar refractivity (Wildman–Crippen MR) is 236 cm³/mol. The average Bonchev–Trinajstić information content (AvgIpc) is 3.25. The third-order valence-corrected chi connectivity index (χ3v) is 11.3.